The first-order valence-electron chi connectivity index (χ1n) is 5.97. The predicted molar refractivity (Wildman–Crippen MR) is 66.7 cm³/mol. The SMILES string of the molecule is CC[Si](CC)CCc1cccc(C(F)(F)F)c1. The second kappa shape index (κ2) is 6.24. The smallest absolute Gasteiger partial charge is 0.166 e. The molecule has 0 spiro atoms. The Labute approximate surface area is 102 Å². The molecule has 0 unspecified atom stereocenters. The Morgan fingerprint density at radius 1 is 1.12 bits per heavy atom. The van der Waals surface area contributed by atoms with E-state index in [0.29, 0.717) is 0 Å². The van der Waals surface area contributed by atoms with Crippen molar-refractivity contribution in [3.63, 3.8) is 0 Å². The molecule has 0 saturated carbocycles. The lowest BCUT2D eigenvalue weighted by atomic mass is 10.1. The van der Waals surface area contributed by atoms with Crippen molar-refractivity contribution >= 4 is 8.80 Å². The van der Waals surface area contributed by atoms with E-state index >= 15 is 0 Å². The van der Waals surface area contributed by atoms with Crippen molar-refractivity contribution in [2.75, 3.05) is 0 Å². The summed E-state index contributed by atoms with van der Waals surface area (Å²) in [6.07, 6.45) is -3.45. The van der Waals surface area contributed by atoms with E-state index in [4.69, 9.17) is 0 Å². The fourth-order valence-electron chi connectivity index (χ4n) is 1.83. The van der Waals surface area contributed by atoms with Crippen LogP contribution in [0.3, 0.4) is 0 Å². The normalized spacial score (nSPS) is 12.1. The van der Waals surface area contributed by atoms with Gasteiger partial charge >= 0.3 is 6.18 Å². The van der Waals surface area contributed by atoms with Crippen molar-refractivity contribution in [2.24, 2.45) is 0 Å². The van der Waals surface area contributed by atoms with E-state index in [1.807, 2.05) is 0 Å². The molecule has 0 N–H and O–H groups in total. The van der Waals surface area contributed by atoms with Crippen LogP contribution in [0, 0.1) is 0 Å². The number of alkyl halides is 3. The van der Waals surface area contributed by atoms with Gasteiger partial charge in [0.05, 0.1) is 5.56 Å². The molecular weight excluding hydrogens is 241 g/mol. The number of benzene rings is 1. The molecule has 0 aliphatic rings. The Kier molecular flexibility index (Phi) is 5.24. The zero-order valence-corrected chi connectivity index (χ0v) is 11.3. The van der Waals surface area contributed by atoms with Crippen LogP contribution < -0.4 is 0 Å². The van der Waals surface area contributed by atoms with Gasteiger partial charge < -0.3 is 0 Å². The lowest BCUT2D eigenvalue weighted by molar-refractivity contribution is -0.137. The van der Waals surface area contributed by atoms with E-state index in [1.165, 1.54) is 24.2 Å². The average Bonchev–Trinajstić information content (AvgIpc) is 2.30. The van der Waals surface area contributed by atoms with Gasteiger partial charge in [-0.25, -0.2) is 0 Å². The molecule has 1 aromatic rings. The standard InChI is InChI=1S/C13H18F3Si/c1-3-17(4-2)9-8-11-6-5-7-12(10-11)13(14,15)16/h5-7,10H,3-4,8-9H2,1-2H3. The third-order valence-corrected chi connectivity index (χ3v) is 5.98. The minimum absolute atomic E-state index is 0.350. The highest BCUT2D eigenvalue weighted by atomic mass is 28.3. The summed E-state index contributed by atoms with van der Waals surface area (Å²) in [7, 11) is -0.350. The fourth-order valence-corrected chi connectivity index (χ4v) is 3.68. The van der Waals surface area contributed by atoms with E-state index in [-0.39, 0.29) is 8.80 Å². The van der Waals surface area contributed by atoms with E-state index in [2.05, 4.69) is 13.8 Å². The maximum absolute atomic E-state index is 12.5. The minimum Gasteiger partial charge on any atom is -0.166 e. The largest absolute Gasteiger partial charge is 0.416 e. The van der Waals surface area contributed by atoms with E-state index < -0.39 is 11.7 Å². The first kappa shape index (κ1) is 14.3. The van der Waals surface area contributed by atoms with Crippen LogP contribution >= 0.6 is 0 Å². The Morgan fingerprint density at radius 2 is 1.76 bits per heavy atom. The van der Waals surface area contributed by atoms with E-state index in [1.54, 1.807) is 6.07 Å². The van der Waals surface area contributed by atoms with Crippen molar-refractivity contribution < 1.29 is 13.2 Å². The molecule has 0 heterocycles. The minimum atomic E-state index is -4.22. The Bertz CT molecular complexity index is 343. The molecule has 0 bridgehead atoms. The summed E-state index contributed by atoms with van der Waals surface area (Å²) in [4.78, 5) is 0. The molecule has 0 aliphatic heterocycles. The maximum Gasteiger partial charge on any atom is 0.416 e. The molecule has 0 saturated heterocycles. The van der Waals surface area contributed by atoms with Crippen LogP contribution in [-0.2, 0) is 12.6 Å². The van der Waals surface area contributed by atoms with Crippen molar-refractivity contribution in [1.29, 1.82) is 0 Å². The lowest BCUT2D eigenvalue weighted by Gasteiger charge is -2.11. The average molecular weight is 259 g/mol. The van der Waals surface area contributed by atoms with Crippen LogP contribution in [0.2, 0.25) is 18.1 Å². The second-order valence-corrected chi connectivity index (χ2v) is 7.57. The molecule has 0 fully saturated rings. The van der Waals surface area contributed by atoms with Gasteiger partial charge in [0, 0.05) is 8.80 Å². The Balaban J connectivity index is 2.66. The topological polar surface area (TPSA) is 0 Å². The monoisotopic (exact) mass is 259 g/mol. The van der Waals surface area contributed by atoms with Gasteiger partial charge in [0.1, 0.15) is 0 Å². The van der Waals surface area contributed by atoms with Crippen LogP contribution in [0.25, 0.3) is 0 Å². The molecule has 17 heavy (non-hydrogen) atoms. The summed E-state index contributed by atoms with van der Waals surface area (Å²) < 4.78 is 37.5. The van der Waals surface area contributed by atoms with Crippen molar-refractivity contribution in [3.8, 4) is 0 Å². The van der Waals surface area contributed by atoms with Gasteiger partial charge in [-0.1, -0.05) is 50.2 Å². The number of hydrogen-bond donors (Lipinski definition) is 0. The van der Waals surface area contributed by atoms with Crippen LogP contribution in [-0.4, -0.2) is 8.80 Å². The predicted octanol–water partition coefficient (Wildman–Crippen LogP) is 4.78. The van der Waals surface area contributed by atoms with Gasteiger partial charge in [-0.3, -0.25) is 0 Å². The first-order valence-corrected chi connectivity index (χ1v) is 8.09. The van der Waals surface area contributed by atoms with Gasteiger partial charge in [-0.2, -0.15) is 13.2 Å². The highest BCUT2D eigenvalue weighted by Gasteiger charge is 2.30. The van der Waals surface area contributed by atoms with Gasteiger partial charge in [0.25, 0.3) is 0 Å². The molecule has 4 heteroatoms. The van der Waals surface area contributed by atoms with Gasteiger partial charge in [0.15, 0.2) is 0 Å². The van der Waals surface area contributed by atoms with Crippen LogP contribution in [0.4, 0.5) is 13.2 Å². The molecular formula is C13H18F3Si. The molecule has 1 radical (unpaired) electrons. The maximum atomic E-state index is 12.5. The molecule has 95 valence electrons. The van der Waals surface area contributed by atoms with Crippen LogP contribution in [0.1, 0.15) is 25.0 Å². The fraction of sp³-hybridized carbons (Fsp3) is 0.538. The number of halogens is 3. The number of aryl methyl sites for hydroxylation is 1. The lowest BCUT2D eigenvalue weighted by Crippen LogP contribution is -2.10. The summed E-state index contributed by atoms with van der Waals surface area (Å²) in [5.41, 5.74) is 0.279. The molecule has 0 amide bonds. The molecule has 0 aliphatic carbocycles. The third kappa shape index (κ3) is 4.54. The number of hydrogen-bond acceptors (Lipinski definition) is 0. The molecule has 1 rings (SSSR count). The van der Waals surface area contributed by atoms with Gasteiger partial charge in [-0.05, 0) is 18.1 Å². The summed E-state index contributed by atoms with van der Waals surface area (Å²) >= 11 is 0. The highest BCUT2D eigenvalue weighted by molar-refractivity contribution is 6.58. The van der Waals surface area contributed by atoms with Crippen LogP contribution in [0.5, 0.6) is 0 Å². The van der Waals surface area contributed by atoms with Crippen molar-refractivity contribution in [1.82, 2.24) is 0 Å². The quantitative estimate of drug-likeness (QED) is 0.667. The van der Waals surface area contributed by atoms with Crippen LogP contribution in [0.15, 0.2) is 24.3 Å². The molecule has 0 nitrogen and oxygen atoms in total. The summed E-state index contributed by atoms with van der Waals surface area (Å²) in [5.74, 6) is 0. The highest BCUT2D eigenvalue weighted by Crippen LogP contribution is 2.29. The van der Waals surface area contributed by atoms with Crippen molar-refractivity contribution in [2.45, 2.75) is 44.6 Å². The van der Waals surface area contributed by atoms with Gasteiger partial charge in [0.2, 0.25) is 0 Å². The van der Waals surface area contributed by atoms with Crippen molar-refractivity contribution in [3.05, 3.63) is 35.4 Å². The second-order valence-electron chi connectivity index (χ2n) is 4.16. The third-order valence-electron chi connectivity index (χ3n) is 3.02. The Hall–Kier alpha value is -0.773. The first-order chi connectivity index (χ1) is 7.97. The summed E-state index contributed by atoms with van der Waals surface area (Å²) in [6.45, 7) is 4.34. The van der Waals surface area contributed by atoms with E-state index in [0.717, 1.165) is 24.1 Å². The summed E-state index contributed by atoms with van der Waals surface area (Å²) in [6, 6.07) is 9.17. The molecule has 1 aromatic carbocycles. The zero-order valence-electron chi connectivity index (χ0n) is 10.3. The Morgan fingerprint density at radius 3 is 2.29 bits per heavy atom. The molecule has 0 aromatic heterocycles. The summed E-state index contributed by atoms with van der Waals surface area (Å²) in [5, 5.41) is 0. The van der Waals surface area contributed by atoms with E-state index in [9.17, 15) is 13.2 Å². The number of rotatable bonds is 5. The van der Waals surface area contributed by atoms with Gasteiger partial charge in [-0.15, -0.1) is 0 Å². The molecule has 0 atom stereocenters. The zero-order chi connectivity index (χ0) is 12.9.